The van der Waals surface area contributed by atoms with E-state index in [2.05, 4.69) is 57.1 Å². The van der Waals surface area contributed by atoms with Crippen LogP contribution in [0, 0.1) is 5.92 Å². The second-order valence-electron chi connectivity index (χ2n) is 10.00. The van der Waals surface area contributed by atoms with Crippen LogP contribution in [-0.4, -0.2) is 31.6 Å². The molecule has 2 heterocycles. The zero-order valence-electron chi connectivity index (χ0n) is 21.0. The molecule has 0 bridgehead atoms. The van der Waals surface area contributed by atoms with Crippen molar-refractivity contribution >= 4 is 17.1 Å². The summed E-state index contributed by atoms with van der Waals surface area (Å²) in [4.78, 5) is 45.0. The van der Waals surface area contributed by atoms with Crippen molar-refractivity contribution in [2.75, 3.05) is 6.54 Å². The molecule has 2 aromatic heterocycles. The third kappa shape index (κ3) is 5.85. The standard InChI is InChI=1S/C26H37N5O3/c1-6-7-15-30-23-22(24(33)29-25(30)34)31(16-18(2)3)20(28-23)13-14-21(32)27-17-26(4,5)19-11-9-8-10-12-19/h8-12,18H,6-7,13-17H2,1-5H3,(H,27,32)(H,29,33,34). The van der Waals surface area contributed by atoms with Crippen LogP contribution in [-0.2, 0) is 29.7 Å². The highest BCUT2D eigenvalue weighted by molar-refractivity contribution is 5.76. The molecular formula is C26H37N5O3. The smallest absolute Gasteiger partial charge is 0.330 e. The van der Waals surface area contributed by atoms with Crippen molar-refractivity contribution in [2.24, 2.45) is 5.92 Å². The Balaban J connectivity index is 1.82. The number of unbranched alkanes of at least 4 members (excludes halogenated alkanes) is 1. The maximum Gasteiger partial charge on any atom is 0.330 e. The summed E-state index contributed by atoms with van der Waals surface area (Å²) >= 11 is 0. The van der Waals surface area contributed by atoms with Gasteiger partial charge in [-0.2, -0.15) is 0 Å². The van der Waals surface area contributed by atoms with Crippen molar-refractivity contribution in [3.8, 4) is 0 Å². The molecule has 0 atom stereocenters. The number of aryl methyl sites for hydroxylation is 2. The van der Waals surface area contributed by atoms with Gasteiger partial charge in [0.2, 0.25) is 5.91 Å². The van der Waals surface area contributed by atoms with E-state index in [9.17, 15) is 14.4 Å². The van der Waals surface area contributed by atoms with Gasteiger partial charge >= 0.3 is 5.69 Å². The summed E-state index contributed by atoms with van der Waals surface area (Å²) in [6.07, 6.45) is 2.38. The normalized spacial score (nSPS) is 11.9. The van der Waals surface area contributed by atoms with Crippen LogP contribution in [0.15, 0.2) is 39.9 Å². The molecule has 0 fully saturated rings. The predicted molar refractivity (Wildman–Crippen MR) is 135 cm³/mol. The number of aromatic nitrogens is 4. The zero-order valence-corrected chi connectivity index (χ0v) is 21.0. The number of nitrogens with zero attached hydrogens (tertiary/aromatic N) is 3. The summed E-state index contributed by atoms with van der Waals surface area (Å²) in [5.74, 6) is 0.860. The molecule has 3 aromatic rings. The Kier molecular flexibility index (Phi) is 8.12. The summed E-state index contributed by atoms with van der Waals surface area (Å²) in [5, 5.41) is 3.05. The van der Waals surface area contributed by atoms with Crippen molar-refractivity contribution in [2.45, 2.75) is 78.8 Å². The minimum Gasteiger partial charge on any atom is -0.355 e. The molecule has 0 saturated carbocycles. The Hall–Kier alpha value is -3.16. The average Bonchev–Trinajstić information content (AvgIpc) is 3.14. The van der Waals surface area contributed by atoms with Crippen molar-refractivity contribution in [3.05, 3.63) is 62.6 Å². The number of carbonyl (C=O) groups excluding carboxylic acids is 1. The molecule has 0 aliphatic carbocycles. The molecule has 2 N–H and O–H groups in total. The lowest BCUT2D eigenvalue weighted by Gasteiger charge is -2.25. The quantitative estimate of drug-likeness (QED) is 0.451. The van der Waals surface area contributed by atoms with Gasteiger partial charge in [-0.15, -0.1) is 0 Å². The molecule has 0 spiro atoms. The number of fused-ring (bicyclic) bond motifs is 1. The molecule has 0 aliphatic rings. The van der Waals surface area contributed by atoms with Gasteiger partial charge in [0.1, 0.15) is 5.82 Å². The second kappa shape index (κ2) is 10.8. The SMILES string of the molecule is CCCCn1c(=O)[nH]c(=O)c2c1nc(CCC(=O)NCC(C)(C)c1ccccc1)n2CC(C)C. The van der Waals surface area contributed by atoms with Crippen molar-refractivity contribution < 1.29 is 4.79 Å². The van der Waals surface area contributed by atoms with Gasteiger partial charge in [0.05, 0.1) is 0 Å². The highest BCUT2D eigenvalue weighted by Crippen LogP contribution is 2.22. The molecular weight excluding hydrogens is 430 g/mol. The van der Waals surface area contributed by atoms with E-state index in [-0.39, 0.29) is 23.7 Å². The first-order valence-corrected chi connectivity index (χ1v) is 12.2. The van der Waals surface area contributed by atoms with Gasteiger partial charge in [-0.05, 0) is 17.9 Å². The van der Waals surface area contributed by atoms with Crippen LogP contribution in [0.4, 0.5) is 0 Å². The first-order valence-electron chi connectivity index (χ1n) is 12.2. The third-order valence-corrected chi connectivity index (χ3v) is 6.11. The number of carbonyl (C=O) groups is 1. The fourth-order valence-electron chi connectivity index (χ4n) is 4.12. The Morgan fingerprint density at radius 3 is 2.50 bits per heavy atom. The van der Waals surface area contributed by atoms with E-state index in [4.69, 9.17) is 4.98 Å². The van der Waals surface area contributed by atoms with Crippen LogP contribution in [0.2, 0.25) is 0 Å². The van der Waals surface area contributed by atoms with E-state index in [1.807, 2.05) is 22.8 Å². The lowest BCUT2D eigenvalue weighted by atomic mass is 9.84. The topological polar surface area (TPSA) is 102 Å². The van der Waals surface area contributed by atoms with E-state index in [1.54, 1.807) is 4.57 Å². The maximum absolute atomic E-state index is 12.7. The first-order chi connectivity index (χ1) is 16.1. The van der Waals surface area contributed by atoms with E-state index in [1.165, 1.54) is 5.56 Å². The fraction of sp³-hybridized carbons (Fsp3) is 0.538. The zero-order chi connectivity index (χ0) is 24.9. The number of rotatable bonds is 11. The van der Waals surface area contributed by atoms with Crippen molar-refractivity contribution in [3.63, 3.8) is 0 Å². The van der Waals surface area contributed by atoms with Gasteiger partial charge in [0.15, 0.2) is 11.2 Å². The summed E-state index contributed by atoms with van der Waals surface area (Å²) in [7, 11) is 0. The molecule has 8 heteroatoms. The Morgan fingerprint density at radius 1 is 1.15 bits per heavy atom. The molecule has 0 unspecified atom stereocenters. The van der Waals surface area contributed by atoms with E-state index < -0.39 is 11.2 Å². The van der Waals surface area contributed by atoms with E-state index in [0.717, 1.165) is 12.8 Å². The minimum atomic E-state index is -0.437. The van der Waals surface area contributed by atoms with Gasteiger partial charge in [-0.3, -0.25) is 19.1 Å². The summed E-state index contributed by atoms with van der Waals surface area (Å²) < 4.78 is 3.42. The Bertz CT molecular complexity index is 1240. The van der Waals surface area contributed by atoms with Gasteiger partial charge in [0.25, 0.3) is 5.56 Å². The molecule has 1 aromatic carbocycles. The molecule has 34 heavy (non-hydrogen) atoms. The number of aromatic amines is 1. The summed E-state index contributed by atoms with van der Waals surface area (Å²) in [5.41, 5.74) is 0.922. The van der Waals surface area contributed by atoms with Gasteiger partial charge < -0.3 is 9.88 Å². The van der Waals surface area contributed by atoms with Gasteiger partial charge in [-0.1, -0.05) is 71.4 Å². The maximum atomic E-state index is 12.7. The predicted octanol–water partition coefficient (Wildman–Crippen LogP) is 3.37. The van der Waals surface area contributed by atoms with E-state index in [0.29, 0.717) is 43.0 Å². The monoisotopic (exact) mass is 467 g/mol. The highest BCUT2D eigenvalue weighted by Gasteiger charge is 2.22. The van der Waals surface area contributed by atoms with Crippen LogP contribution in [0.5, 0.6) is 0 Å². The first kappa shape index (κ1) is 25.5. The fourth-order valence-corrected chi connectivity index (χ4v) is 4.12. The molecule has 1 amide bonds. The molecule has 184 valence electrons. The number of imidazole rings is 1. The summed E-state index contributed by atoms with van der Waals surface area (Å²) in [6.45, 7) is 12.0. The van der Waals surface area contributed by atoms with Crippen LogP contribution in [0.25, 0.3) is 11.2 Å². The van der Waals surface area contributed by atoms with Gasteiger partial charge in [0, 0.05) is 37.9 Å². The van der Waals surface area contributed by atoms with Crippen LogP contribution < -0.4 is 16.6 Å². The third-order valence-electron chi connectivity index (χ3n) is 6.11. The number of benzene rings is 1. The Labute approximate surface area is 200 Å². The largest absolute Gasteiger partial charge is 0.355 e. The van der Waals surface area contributed by atoms with E-state index >= 15 is 0 Å². The van der Waals surface area contributed by atoms with Crippen LogP contribution in [0.3, 0.4) is 0 Å². The lowest BCUT2D eigenvalue weighted by molar-refractivity contribution is -0.121. The second-order valence-corrected chi connectivity index (χ2v) is 10.00. The minimum absolute atomic E-state index is 0.0653. The van der Waals surface area contributed by atoms with Crippen LogP contribution >= 0.6 is 0 Å². The highest BCUT2D eigenvalue weighted by atomic mass is 16.2. The van der Waals surface area contributed by atoms with Gasteiger partial charge in [-0.25, -0.2) is 9.78 Å². The molecule has 8 nitrogen and oxygen atoms in total. The number of H-pyrrole nitrogens is 1. The number of hydrogen-bond acceptors (Lipinski definition) is 4. The number of hydrogen-bond donors (Lipinski definition) is 2. The Morgan fingerprint density at radius 2 is 1.85 bits per heavy atom. The molecule has 0 saturated heterocycles. The average molecular weight is 468 g/mol. The molecule has 0 aliphatic heterocycles. The van der Waals surface area contributed by atoms with Crippen molar-refractivity contribution in [1.82, 2.24) is 24.4 Å². The van der Waals surface area contributed by atoms with Crippen LogP contribution in [0.1, 0.15) is 65.3 Å². The molecule has 0 radical (unpaired) electrons. The summed E-state index contributed by atoms with van der Waals surface area (Å²) in [6, 6.07) is 10.1. The number of nitrogens with one attached hydrogen (secondary N) is 2. The number of amides is 1. The lowest BCUT2D eigenvalue weighted by Crippen LogP contribution is -2.36. The van der Waals surface area contributed by atoms with Crippen molar-refractivity contribution in [1.29, 1.82) is 0 Å². The molecule has 3 rings (SSSR count).